The number of rotatable bonds is 9. The normalized spacial score (nSPS) is 11.3. The van der Waals surface area contributed by atoms with Crippen molar-refractivity contribution in [2.75, 3.05) is 30.5 Å². The van der Waals surface area contributed by atoms with Crippen molar-refractivity contribution in [3.05, 3.63) is 29.3 Å². The van der Waals surface area contributed by atoms with E-state index >= 15 is 0 Å². The fourth-order valence-corrected chi connectivity index (χ4v) is 3.71. The molecule has 23 heavy (non-hydrogen) atoms. The summed E-state index contributed by atoms with van der Waals surface area (Å²) in [7, 11) is 0.656. The van der Waals surface area contributed by atoms with Crippen LogP contribution in [0.4, 0.5) is 5.69 Å². The van der Waals surface area contributed by atoms with Gasteiger partial charge < -0.3 is 10.2 Å². The van der Waals surface area contributed by atoms with Crippen LogP contribution in [0.15, 0.2) is 18.2 Å². The number of nitrogens with zero attached hydrogens (tertiary/aromatic N) is 1. The number of carbonyl (C=O) groups is 1. The van der Waals surface area contributed by atoms with Crippen LogP contribution in [0, 0.1) is 6.92 Å². The number of anilines is 1. The smallest absolute Gasteiger partial charge is 0.235 e. The van der Waals surface area contributed by atoms with Gasteiger partial charge in [-0.25, -0.2) is 8.42 Å². The van der Waals surface area contributed by atoms with Gasteiger partial charge in [0.05, 0.1) is 5.75 Å². The zero-order valence-corrected chi connectivity index (χ0v) is 15.4. The van der Waals surface area contributed by atoms with E-state index in [1.54, 1.807) is 0 Å². The third-order valence-corrected chi connectivity index (χ3v) is 5.26. The molecule has 6 heteroatoms. The highest BCUT2D eigenvalue weighted by Gasteiger charge is 2.16. The first-order valence-electron chi connectivity index (χ1n) is 7.99. The molecule has 1 amide bonds. The van der Waals surface area contributed by atoms with E-state index in [2.05, 4.69) is 5.32 Å². The van der Waals surface area contributed by atoms with Crippen molar-refractivity contribution >= 4 is 21.4 Å². The van der Waals surface area contributed by atoms with Crippen LogP contribution in [-0.4, -0.2) is 39.9 Å². The predicted octanol–water partition coefficient (Wildman–Crippen LogP) is 2.28. The maximum Gasteiger partial charge on any atom is 0.235 e. The van der Waals surface area contributed by atoms with Crippen LogP contribution in [0.5, 0.6) is 0 Å². The molecule has 0 fully saturated rings. The van der Waals surface area contributed by atoms with Gasteiger partial charge in [-0.05, 0) is 30.5 Å². The topological polar surface area (TPSA) is 66.5 Å². The number of hydrogen-bond donors (Lipinski definition) is 1. The molecule has 0 heterocycles. The summed E-state index contributed by atoms with van der Waals surface area (Å²) in [6.07, 6.45) is 2.46. The minimum atomic E-state index is -3.30. The van der Waals surface area contributed by atoms with E-state index in [0.717, 1.165) is 29.7 Å². The molecule has 0 aliphatic heterocycles. The van der Waals surface area contributed by atoms with Crippen LogP contribution in [0.2, 0.25) is 0 Å². The van der Waals surface area contributed by atoms with Crippen molar-refractivity contribution in [3.63, 3.8) is 0 Å². The summed E-state index contributed by atoms with van der Waals surface area (Å²) >= 11 is 0. The number of sulfone groups is 1. The molecular weight excluding hydrogens is 312 g/mol. The van der Waals surface area contributed by atoms with E-state index in [9.17, 15) is 13.2 Å². The second kappa shape index (κ2) is 8.91. The Morgan fingerprint density at radius 1 is 1.22 bits per heavy atom. The van der Waals surface area contributed by atoms with Gasteiger partial charge in [0.25, 0.3) is 0 Å². The van der Waals surface area contributed by atoms with Gasteiger partial charge in [-0.3, -0.25) is 4.79 Å². The average Bonchev–Trinajstić information content (AvgIpc) is 2.44. The van der Waals surface area contributed by atoms with Crippen molar-refractivity contribution in [3.8, 4) is 0 Å². The Hall–Kier alpha value is -1.56. The lowest BCUT2D eigenvalue weighted by molar-refractivity contribution is -0.118. The average molecular weight is 340 g/mol. The molecule has 1 aromatic carbocycles. The lowest BCUT2D eigenvalue weighted by Gasteiger charge is -2.16. The lowest BCUT2D eigenvalue weighted by Crippen LogP contribution is -2.31. The minimum absolute atomic E-state index is 0.0882. The Morgan fingerprint density at radius 2 is 1.91 bits per heavy atom. The molecule has 0 aliphatic rings. The van der Waals surface area contributed by atoms with E-state index in [1.165, 1.54) is 0 Å². The first-order valence-corrected chi connectivity index (χ1v) is 9.81. The van der Waals surface area contributed by atoms with Gasteiger partial charge in [0, 0.05) is 26.3 Å². The second-order valence-corrected chi connectivity index (χ2v) is 8.28. The Kier molecular flexibility index (Phi) is 7.55. The number of carbonyl (C=O) groups excluding carboxylic acids is 1. The highest BCUT2D eigenvalue weighted by atomic mass is 32.2. The van der Waals surface area contributed by atoms with Crippen LogP contribution in [0.25, 0.3) is 0 Å². The molecule has 0 bridgehead atoms. The fraction of sp³-hybridized carbons (Fsp3) is 0.588. The SMILES string of the molecule is CCCCCS(=O)(=O)CC(=O)NCc1ccc(N(C)C)c(C)c1. The molecule has 0 unspecified atom stereocenters. The standard InChI is InChI=1S/C17H28N2O3S/c1-5-6-7-10-23(21,22)13-17(20)18-12-15-8-9-16(19(3)4)14(2)11-15/h8-9,11H,5-7,10,12-13H2,1-4H3,(H,18,20). The first kappa shape index (κ1) is 19.5. The zero-order valence-electron chi connectivity index (χ0n) is 14.6. The molecule has 0 saturated heterocycles. The Labute approximate surface area is 140 Å². The molecule has 0 aromatic heterocycles. The van der Waals surface area contributed by atoms with Gasteiger partial charge in [-0.1, -0.05) is 31.9 Å². The number of unbranched alkanes of at least 4 members (excludes halogenated alkanes) is 2. The van der Waals surface area contributed by atoms with Gasteiger partial charge in [0.2, 0.25) is 5.91 Å². The number of aryl methyl sites for hydroxylation is 1. The van der Waals surface area contributed by atoms with Gasteiger partial charge in [-0.2, -0.15) is 0 Å². The van der Waals surface area contributed by atoms with E-state index in [1.807, 2.05) is 51.0 Å². The van der Waals surface area contributed by atoms with Crippen molar-refractivity contribution in [1.29, 1.82) is 0 Å². The van der Waals surface area contributed by atoms with Gasteiger partial charge >= 0.3 is 0 Å². The molecule has 130 valence electrons. The third-order valence-electron chi connectivity index (χ3n) is 3.64. The quantitative estimate of drug-likeness (QED) is 0.701. The Balaban J connectivity index is 2.51. The van der Waals surface area contributed by atoms with E-state index in [0.29, 0.717) is 13.0 Å². The fourth-order valence-electron chi connectivity index (χ4n) is 2.42. The highest BCUT2D eigenvalue weighted by molar-refractivity contribution is 7.92. The molecule has 1 N–H and O–H groups in total. The van der Waals surface area contributed by atoms with Crippen LogP contribution in [0.3, 0.4) is 0 Å². The molecule has 0 atom stereocenters. The molecule has 1 rings (SSSR count). The predicted molar refractivity (Wildman–Crippen MR) is 95.5 cm³/mol. The van der Waals surface area contributed by atoms with Crippen LogP contribution < -0.4 is 10.2 Å². The molecule has 0 aliphatic carbocycles. The molecule has 5 nitrogen and oxygen atoms in total. The zero-order chi connectivity index (χ0) is 17.5. The van der Waals surface area contributed by atoms with Crippen molar-refractivity contribution in [2.24, 2.45) is 0 Å². The minimum Gasteiger partial charge on any atom is -0.377 e. The Morgan fingerprint density at radius 3 is 2.48 bits per heavy atom. The number of nitrogens with one attached hydrogen (secondary N) is 1. The van der Waals surface area contributed by atoms with Crippen molar-refractivity contribution in [2.45, 2.75) is 39.7 Å². The van der Waals surface area contributed by atoms with Crippen molar-refractivity contribution in [1.82, 2.24) is 5.32 Å². The van der Waals surface area contributed by atoms with E-state index in [-0.39, 0.29) is 5.75 Å². The molecule has 1 aromatic rings. The van der Waals surface area contributed by atoms with Crippen molar-refractivity contribution < 1.29 is 13.2 Å². The monoisotopic (exact) mass is 340 g/mol. The Bertz CT molecular complexity index is 625. The second-order valence-electron chi connectivity index (χ2n) is 6.09. The van der Waals surface area contributed by atoms with Gasteiger partial charge in [-0.15, -0.1) is 0 Å². The first-order chi connectivity index (χ1) is 10.7. The summed E-state index contributed by atoms with van der Waals surface area (Å²) in [6.45, 7) is 4.37. The summed E-state index contributed by atoms with van der Waals surface area (Å²) in [5.74, 6) is -0.771. The van der Waals surface area contributed by atoms with E-state index in [4.69, 9.17) is 0 Å². The lowest BCUT2D eigenvalue weighted by atomic mass is 10.1. The molecular formula is C17H28N2O3S. The summed E-state index contributed by atoms with van der Waals surface area (Å²) in [5.41, 5.74) is 3.21. The molecule has 0 radical (unpaired) electrons. The maximum absolute atomic E-state index is 11.8. The summed E-state index contributed by atoms with van der Waals surface area (Å²) in [6, 6.07) is 5.95. The van der Waals surface area contributed by atoms with E-state index < -0.39 is 21.5 Å². The van der Waals surface area contributed by atoms with Crippen LogP contribution in [0.1, 0.15) is 37.3 Å². The number of hydrogen-bond acceptors (Lipinski definition) is 4. The number of benzene rings is 1. The maximum atomic E-state index is 11.8. The molecule has 0 saturated carbocycles. The summed E-state index contributed by atoms with van der Waals surface area (Å²) in [4.78, 5) is 13.9. The third kappa shape index (κ3) is 7.03. The van der Waals surface area contributed by atoms with Crippen LogP contribution in [-0.2, 0) is 21.2 Å². The largest absolute Gasteiger partial charge is 0.377 e. The summed E-state index contributed by atoms with van der Waals surface area (Å²) < 4.78 is 23.7. The number of amides is 1. The highest BCUT2D eigenvalue weighted by Crippen LogP contribution is 2.18. The van der Waals surface area contributed by atoms with Crippen LogP contribution >= 0.6 is 0 Å². The summed E-state index contributed by atoms with van der Waals surface area (Å²) in [5, 5.41) is 2.69. The van der Waals surface area contributed by atoms with Gasteiger partial charge in [0.15, 0.2) is 9.84 Å². The van der Waals surface area contributed by atoms with Gasteiger partial charge in [0.1, 0.15) is 5.75 Å². The molecule has 0 spiro atoms.